The Bertz CT molecular complexity index is 828. The van der Waals surface area contributed by atoms with Gasteiger partial charge in [-0.2, -0.15) is 0 Å². The van der Waals surface area contributed by atoms with Crippen LogP contribution in [0.15, 0.2) is 40.9 Å². The number of nitrogens with zero attached hydrogens (tertiary/aromatic N) is 2. The fourth-order valence-electron chi connectivity index (χ4n) is 5.22. The first kappa shape index (κ1) is 14.0. The smallest absolute Gasteiger partial charge is 0.240 e. The maximum Gasteiger partial charge on any atom is 0.240 e. The summed E-state index contributed by atoms with van der Waals surface area (Å²) in [5, 5.41) is 3.82. The number of carbonyl (C=O) groups is 2. The number of anilines is 1. The SMILES string of the molecule is Cc1cc(N2C(=O)[C@@H]3[C@@H]4CC(c5ccccc5)[C@@H](C4)[C@@H]3C2=O)on1. The van der Waals surface area contributed by atoms with E-state index < -0.39 is 0 Å². The molecule has 5 rings (SSSR count). The second-order valence-corrected chi connectivity index (χ2v) is 7.28. The van der Waals surface area contributed by atoms with Crippen molar-refractivity contribution >= 4 is 17.7 Å². The third-order valence-corrected chi connectivity index (χ3v) is 6.08. The highest BCUT2D eigenvalue weighted by Crippen LogP contribution is 2.61. The monoisotopic (exact) mass is 322 g/mol. The summed E-state index contributed by atoms with van der Waals surface area (Å²) in [7, 11) is 0. The van der Waals surface area contributed by atoms with Crippen molar-refractivity contribution in [3.8, 4) is 0 Å². The first-order valence-corrected chi connectivity index (χ1v) is 8.51. The molecule has 24 heavy (non-hydrogen) atoms. The van der Waals surface area contributed by atoms with E-state index in [1.54, 1.807) is 13.0 Å². The molecule has 5 atom stereocenters. The van der Waals surface area contributed by atoms with Gasteiger partial charge in [0.15, 0.2) is 0 Å². The van der Waals surface area contributed by atoms with E-state index in [0.717, 1.165) is 12.8 Å². The molecular weight excluding hydrogens is 304 g/mol. The van der Waals surface area contributed by atoms with Crippen LogP contribution < -0.4 is 4.90 Å². The third-order valence-electron chi connectivity index (χ3n) is 6.08. The van der Waals surface area contributed by atoms with Gasteiger partial charge in [0.05, 0.1) is 17.5 Å². The Balaban J connectivity index is 1.50. The Morgan fingerprint density at radius 3 is 2.54 bits per heavy atom. The average molecular weight is 322 g/mol. The van der Waals surface area contributed by atoms with E-state index in [9.17, 15) is 9.59 Å². The maximum absolute atomic E-state index is 13.0. The second kappa shape index (κ2) is 4.79. The van der Waals surface area contributed by atoms with Crippen molar-refractivity contribution in [3.05, 3.63) is 47.7 Å². The van der Waals surface area contributed by atoms with Crippen molar-refractivity contribution in [2.75, 3.05) is 4.90 Å². The Hall–Kier alpha value is -2.43. The molecule has 3 fully saturated rings. The van der Waals surface area contributed by atoms with E-state index in [0.29, 0.717) is 17.5 Å². The average Bonchev–Trinajstić information content (AvgIpc) is 3.32. The molecule has 2 bridgehead atoms. The fraction of sp³-hybridized carbons (Fsp3) is 0.421. The van der Waals surface area contributed by atoms with E-state index in [-0.39, 0.29) is 35.5 Å². The van der Waals surface area contributed by atoms with Crippen LogP contribution in [-0.4, -0.2) is 17.0 Å². The number of rotatable bonds is 2. The lowest BCUT2D eigenvalue weighted by molar-refractivity contribution is -0.123. The van der Waals surface area contributed by atoms with Crippen molar-refractivity contribution in [2.24, 2.45) is 23.7 Å². The van der Waals surface area contributed by atoms with Crippen molar-refractivity contribution in [1.82, 2.24) is 5.16 Å². The Morgan fingerprint density at radius 1 is 1.08 bits per heavy atom. The summed E-state index contributed by atoms with van der Waals surface area (Å²) in [6.07, 6.45) is 1.98. The molecule has 2 heterocycles. The predicted octanol–water partition coefficient (Wildman–Crippen LogP) is 2.91. The van der Waals surface area contributed by atoms with Gasteiger partial charge in [-0.15, -0.1) is 0 Å². The molecule has 0 N–H and O–H groups in total. The van der Waals surface area contributed by atoms with Gasteiger partial charge in [-0.25, -0.2) is 4.90 Å². The molecule has 1 aliphatic heterocycles. The molecule has 5 nitrogen and oxygen atoms in total. The van der Waals surface area contributed by atoms with Gasteiger partial charge < -0.3 is 4.52 Å². The Kier molecular flexibility index (Phi) is 2.78. The van der Waals surface area contributed by atoms with Crippen LogP contribution in [0.25, 0.3) is 0 Å². The minimum absolute atomic E-state index is 0.0971. The Labute approximate surface area is 139 Å². The zero-order chi connectivity index (χ0) is 16.4. The Morgan fingerprint density at radius 2 is 1.83 bits per heavy atom. The standard InChI is InChI=1S/C19H18N2O3/c1-10-7-15(24-20-10)21-18(22)16-12-8-13(11-5-3-2-4-6-11)14(9-12)17(16)19(21)23/h2-7,12-14,16-17H,8-9H2,1H3/t12-,13?,14-,16-,17+/m1/s1. The van der Waals surface area contributed by atoms with Crippen LogP contribution in [0.4, 0.5) is 5.88 Å². The number of aromatic nitrogens is 1. The highest BCUT2D eigenvalue weighted by Gasteiger charge is 2.64. The molecule has 0 radical (unpaired) electrons. The summed E-state index contributed by atoms with van der Waals surface area (Å²) in [4.78, 5) is 27.1. The summed E-state index contributed by atoms with van der Waals surface area (Å²) in [5.41, 5.74) is 1.96. The molecule has 122 valence electrons. The number of hydrogen-bond acceptors (Lipinski definition) is 4. The molecule has 2 aliphatic carbocycles. The van der Waals surface area contributed by atoms with Crippen molar-refractivity contribution in [3.63, 3.8) is 0 Å². The van der Waals surface area contributed by atoms with Gasteiger partial charge >= 0.3 is 0 Å². The topological polar surface area (TPSA) is 63.4 Å². The number of carbonyl (C=O) groups excluding carboxylic acids is 2. The molecule has 3 aliphatic rings. The fourth-order valence-corrected chi connectivity index (χ4v) is 5.22. The molecule has 1 aromatic carbocycles. The van der Waals surface area contributed by atoms with Crippen molar-refractivity contribution in [2.45, 2.75) is 25.7 Å². The van der Waals surface area contributed by atoms with Crippen LogP contribution in [0.3, 0.4) is 0 Å². The van der Waals surface area contributed by atoms with Crippen LogP contribution >= 0.6 is 0 Å². The van der Waals surface area contributed by atoms with E-state index in [4.69, 9.17) is 4.52 Å². The summed E-state index contributed by atoms with van der Waals surface area (Å²) in [6.45, 7) is 1.79. The third kappa shape index (κ3) is 1.72. The summed E-state index contributed by atoms with van der Waals surface area (Å²) >= 11 is 0. The molecular formula is C19H18N2O3. The zero-order valence-corrected chi connectivity index (χ0v) is 13.4. The minimum atomic E-state index is -0.202. The summed E-state index contributed by atoms with van der Waals surface area (Å²) in [5.74, 6) is 0.635. The number of amides is 2. The largest absolute Gasteiger partial charge is 0.338 e. The van der Waals surface area contributed by atoms with E-state index >= 15 is 0 Å². The molecule has 1 saturated heterocycles. The van der Waals surface area contributed by atoms with E-state index in [2.05, 4.69) is 17.3 Å². The van der Waals surface area contributed by atoms with Crippen LogP contribution in [0, 0.1) is 30.6 Å². The number of aryl methyl sites for hydroxylation is 1. The number of benzene rings is 1. The van der Waals surface area contributed by atoms with Gasteiger partial charge in [-0.1, -0.05) is 35.5 Å². The highest BCUT2D eigenvalue weighted by molar-refractivity contribution is 6.22. The first-order valence-electron chi connectivity index (χ1n) is 8.51. The number of imide groups is 1. The minimum Gasteiger partial charge on any atom is -0.338 e. The van der Waals surface area contributed by atoms with E-state index in [1.807, 2.05) is 18.2 Å². The number of hydrogen-bond donors (Lipinski definition) is 0. The summed E-state index contributed by atoms with van der Waals surface area (Å²) < 4.78 is 5.19. The lowest BCUT2D eigenvalue weighted by atomic mass is 9.73. The lowest BCUT2D eigenvalue weighted by Gasteiger charge is -2.28. The molecule has 2 saturated carbocycles. The van der Waals surface area contributed by atoms with Gasteiger partial charge in [0.1, 0.15) is 0 Å². The molecule has 0 spiro atoms. The second-order valence-electron chi connectivity index (χ2n) is 7.28. The zero-order valence-electron chi connectivity index (χ0n) is 13.4. The number of fused-ring (bicyclic) bond motifs is 5. The maximum atomic E-state index is 13.0. The van der Waals surface area contributed by atoms with Gasteiger partial charge in [0.2, 0.25) is 17.7 Å². The normalized spacial score (nSPS) is 34.2. The van der Waals surface area contributed by atoms with Gasteiger partial charge in [0, 0.05) is 6.07 Å². The van der Waals surface area contributed by atoms with Crippen molar-refractivity contribution in [1.29, 1.82) is 0 Å². The van der Waals surface area contributed by atoms with Crippen LogP contribution in [0.5, 0.6) is 0 Å². The molecule has 1 unspecified atom stereocenters. The van der Waals surface area contributed by atoms with Gasteiger partial charge in [-0.3, -0.25) is 9.59 Å². The molecule has 5 heteroatoms. The molecule has 2 amide bonds. The van der Waals surface area contributed by atoms with Crippen LogP contribution in [0.2, 0.25) is 0 Å². The predicted molar refractivity (Wildman–Crippen MR) is 86.1 cm³/mol. The highest BCUT2D eigenvalue weighted by atomic mass is 16.5. The van der Waals surface area contributed by atoms with Gasteiger partial charge in [0.25, 0.3) is 0 Å². The van der Waals surface area contributed by atoms with Crippen molar-refractivity contribution < 1.29 is 14.1 Å². The van der Waals surface area contributed by atoms with E-state index in [1.165, 1.54) is 10.5 Å². The molecule has 1 aromatic heterocycles. The van der Waals surface area contributed by atoms with Crippen LogP contribution in [0.1, 0.15) is 30.0 Å². The first-order chi connectivity index (χ1) is 11.6. The summed E-state index contributed by atoms with van der Waals surface area (Å²) in [6, 6.07) is 12.0. The van der Waals surface area contributed by atoms with Crippen LogP contribution in [-0.2, 0) is 9.59 Å². The van der Waals surface area contributed by atoms with Gasteiger partial charge in [-0.05, 0) is 43.1 Å². The lowest BCUT2D eigenvalue weighted by Crippen LogP contribution is -2.32. The molecule has 2 aromatic rings. The quantitative estimate of drug-likeness (QED) is 0.798.